The molecular weight excluding hydrogens is 504 g/mol. The maximum absolute atomic E-state index is 12.1. The number of anilines is 1. The van der Waals surface area contributed by atoms with Gasteiger partial charge in [-0.15, -0.1) is 0 Å². The number of ether oxygens (including phenoxy) is 4. The summed E-state index contributed by atoms with van der Waals surface area (Å²) in [5, 5.41) is 5.38. The topological polar surface area (TPSA) is 139 Å². The molecule has 0 radical (unpaired) electrons. The van der Waals surface area contributed by atoms with Crippen molar-refractivity contribution in [1.82, 2.24) is 24.8 Å². The number of hydrogen-bond acceptors (Lipinski definition) is 9. The highest BCUT2D eigenvalue weighted by Gasteiger charge is 2.53. The van der Waals surface area contributed by atoms with Crippen molar-refractivity contribution >= 4 is 35.1 Å². The molecule has 12 heteroatoms. The number of rotatable bonds is 10. The Morgan fingerprint density at radius 1 is 1.08 bits per heavy atom. The minimum atomic E-state index is -0.588. The highest BCUT2D eigenvalue weighted by molar-refractivity contribution is 5.95. The summed E-state index contributed by atoms with van der Waals surface area (Å²) in [6, 6.07) is 9.51. The van der Waals surface area contributed by atoms with Gasteiger partial charge in [-0.05, 0) is 38.3 Å². The third kappa shape index (κ3) is 6.08. The smallest absolute Gasteiger partial charge is 0.320 e. The number of esters is 1. The molecule has 4 unspecified atom stereocenters. The number of fused-ring (bicyclic) bond motifs is 2. The van der Waals surface area contributed by atoms with E-state index >= 15 is 0 Å². The van der Waals surface area contributed by atoms with Gasteiger partial charge in [0, 0.05) is 13.0 Å². The molecule has 5 rings (SSSR count). The number of hydrogen-bond donors (Lipinski definition) is 2. The Morgan fingerprint density at radius 2 is 1.90 bits per heavy atom. The van der Waals surface area contributed by atoms with Crippen molar-refractivity contribution < 1.29 is 28.5 Å². The zero-order valence-electron chi connectivity index (χ0n) is 21.9. The maximum atomic E-state index is 12.1. The summed E-state index contributed by atoms with van der Waals surface area (Å²) in [5.41, 5.74) is 1.94. The number of carbonyl (C=O) groups is 2. The van der Waals surface area contributed by atoms with Gasteiger partial charge in [0.05, 0.1) is 19.0 Å². The van der Waals surface area contributed by atoms with Crippen LogP contribution in [0.15, 0.2) is 49.1 Å². The highest BCUT2D eigenvalue weighted by atomic mass is 16.8. The van der Waals surface area contributed by atoms with Crippen LogP contribution < -0.4 is 10.6 Å². The van der Waals surface area contributed by atoms with Crippen LogP contribution in [0.3, 0.4) is 0 Å². The van der Waals surface area contributed by atoms with Gasteiger partial charge in [0.15, 0.2) is 29.5 Å². The van der Waals surface area contributed by atoms with E-state index in [0.29, 0.717) is 43.6 Å². The molecule has 2 fully saturated rings. The number of imidazole rings is 1. The Balaban J connectivity index is 1.37. The first-order valence-corrected chi connectivity index (χ1v) is 13.1. The number of nitrogens with one attached hydrogen (secondary N) is 2. The van der Waals surface area contributed by atoms with Crippen LogP contribution in [0.1, 0.15) is 44.9 Å². The zero-order chi connectivity index (χ0) is 27.2. The van der Waals surface area contributed by atoms with Gasteiger partial charge in [-0.2, -0.15) is 0 Å². The van der Waals surface area contributed by atoms with Gasteiger partial charge in [-0.25, -0.2) is 19.7 Å². The van der Waals surface area contributed by atoms with Gasteiger partial charge < -0.3 is 24.3 Å². The summed E-state index contributed by atoms with van der Waals surface area (Å²) in [5.74, 6) is 0.0535. The fourth-order valence-electron chi connectivity index (χ4n) is 4.78. The molecular formula is C27H32N6O6. The van der Waals surface area contributed by atoms with Gasteiger partial charge in [0.2, 0.25) is 0 Å². The van der Waals surface area contributed by atoms with Crippen molar-refractivity contribution in [3.8, 4) is 0 Å². The van der Waals surface area contributed by atoms with Gasteiger partial charge in [-0.1, -0.05) is 36.4 Å². The predicted octanol–water partition coefficient (Wildman–Crippen LogP) is 3.42. The van der Waals surface area contributed by atoms with Crippen LogP contribution >= 0.6 is 0 Å². The number of carbonyl (C=O) groups excluding carboxylic acids is 2. The monoisotopic (exact) mass is 536 g/mol. The first kappa shape index (κ1) is 26.7. The summed E-state index contributed by atoms with van der Waals surface area (Å²) in [6.07, 6.45) is 5.96. The van der Waals surface area contributed by atoms with E-state index in [4.69, 9.17) is 18.9 Å². The van der Waals surface area contributed by atoms with E-state index in [2.05, 4.69) is 25.6 Å². The molecule has 3 aromatic rings. The number of aromatic nitrogens is 4. The molecule has 2 N–H and O–H groups in total. The third-order valence-corrected chi connectivity index (χ3v) is 6.49. The molecule has 2 aliphatic heterocycles. The lowest BCUT2D eigenvalue weighted by Crippen LogP contribution is -2.29. The lowest BCUT2D eigenvalue weighted by molar-refractivity contribution is -0.144. The second kappa shape index (κ2) is 12.3. The van der Waals surface area contributed by atoms with Crippen LogP contribution in [-0.4, -0.2) is 69.3 Å². The summed E-state index contributed by atoms with van der Waals surface area (Å²) in [6.45, 7) is 4.44. The van der Waals surface area contributed by atoms with Crippen LogP contribution in [0, 0.1) is 0 Å². The second-order valence-electron chi connectivity index (χ2n) is 9.13. The summed E-state index contributed by atoms with van der Waals surface area (Å²) in [4.78, 5) is 37.0. The quantitative estimate of drug-likeness (QED) is 0.373. The SMILES string of the molecule is CCNC(=O)Nc1ncnc2c1ncn2C1OC(CCCC(=O)OCC)C2O[C@H](C=Cc3ccccc3)OC21. The highest BCUT2D eigenvalue weighted by Crippen LogP contribution is 2.42. The molecule has 0 saturated carbocycles. The Kier molecular flexibility index (Phi) is 8.45. The van der Waals surface area contributed by atoms with Crippen molar-refractivity contribution in [2.45, 2.75) is 63.9 Å². The minimum absolute atomic E-state index is 0.236. The molecule has 0 bridgehead atoms. The van der Waals surface area contributed by atoms with E-state index in [1.54, 1.807) is 17.8 Å². The van der Waals surface area contributed by atoms with Crippen LogP contribution in [0.2, 0.25) is 0 Å². The second-order valence-corrected chi connectivity index (χ2v) is 9.13. The van der Waals surface area contributed by atoms with E-state index in [1.807, 2.05) is 49.4 Å². The van der Waals surface area contributed by atoms with Gasteiger partial charge >= 0.3 is 12.0 Å². The van der Waals surface area contributed by atoms with E-state index < -0.39 is 18.6 Å². The number of benzene rings is 1. The largest absolute Gasteiger partial charge is 0.466 e. The van der Waals surface area contributed by atoms with E-state index in [-0.39, 0.29) is 30.0 Å². The number of urea groups is 1. The Hall–Kier alpha value is -3.87. The summed E-state index contributed by atoms with van der Waals surface area (Å²) in [7, 11) is 0. The Labute approximate surface area is 225 Å². The molecule has 1 aromatic carbocycles. The van der Waals surface area contributed by atoms with Crippen molar-refractivity contribution in [3.05, 3.63) is 54.6 Å². The Morgan fingerprint density at radius 3 is 2.69 bits per heavy atom. The van der Waals surface area contributed by atoms with Crippen LogP contribution in [0.5, 0.6) is 0 Å². The molecule has 2 aromatic heterocycles. The molecule has 12 nitrogen and oxygen atoms in total. The molecule has 2 amide bonds. The van der Waals surface area contributed by atoms with Gasteiger partial charge in [0.1, 0.15) is 18.5 Å². The van der Waals surface area contributed by atoms with Crippen molar-refractivity contribution in [2.24, 2.45) is 0 Å². The molecule has 0 spiro atoms. The van der Waals surface area contributed by atoms with Gasteiger partial charge in [-0.3, -0.25) is 14.7 Å². The fourth-order valence-corrected chi connectivity index (χ4v) is 4.78. The van der Waals surface area contributed by atoms with Crippen molar-refractivity contribution in [1.29, 1.82) is 0 Å². The van der Waals surface area contributed by atoms with Crippen LogP contribution in [0.25, 0.3) is 17.2 Å². The van der Waals surface area contributed by atoms with Crippen LogP contribution in [-0.2, 0) is 23.7 Å². The van der Waals surface area contributed by atoms with E-state index in [0.717, 1.165) is 5.56 Å². The first-order valence-electron chi connectivity index (χ1n) is 13.1. The number of nitrogens with zero attached hydrogens (tertiary/aromatic N) is 4. The van der Waals surface area contributed by atoms with E-state index in [9.17, 15) is 9.59 Å². The zero-order valence-corrected chi connectivity index (χ0v) is 21.9. The molecule has 2 saturated heterocycles. The molecule has 0 aliphatic carbocycles. The molecule has 39 heavy (non-hydrogen) atoms. The minimum Gasteiger partial charge on any atom is -0.466 e. The fraction of sp³-hybridized carbons (Fsp3) is 0.444. The summed E-state index contributed by atoms with van der Waals surface area (Å²) >= 11 is 0. The molecule has 2 aliphatic rings. The van der Waals surface area contributed by atoms with Crippen molar-refractivity contribution in [2.75, 3.05) is 18.5 Å². The molecule has 5 atom stereocenters. The van der Waals surface area contributed by atoms with Gasteiger partial charge in [0.25, 0.3) is 0 Å². The molecule has 4 heterocycles. The maximum Gasteiger partial charge on any atom is 0.320 e. The predicted molar refractivity (Wildman–Crippen MR) is 141 cm³/mol. The van der Waals surface area contributed by atoms with Crippen LogP contribution in [0.4, 0.5) is 10.6 Å². The normalized spacial score (nSPS) is 24.2. The average molecular weight is 537 g/mol. The standard InChI is InChI=1S/C27H32N6O6/c1-3-28-27(35)32-24-21-25(30-15-29-24)33(16-31-21)26-23-22(18(37-26)11-8-12-19(34)36-4-2)38-20(39-23)14-13-17-9-6-5-7-10-17/h5-7,9-10,13-16,18,20,22-23,26H,3-4,8,11-12H2,1-2H3,(H2,28,29,30,32,35)/t18?,20-,22?,23?,26?/m0/s1. The average Bonchev–Trinajstić information content (AvgIpc) is 3.63. The Bertz CT molecular complexity index is 1310. The lowest BCUT2D eigenvalue weighted by atomic mass is 10.0. The number of amides is 2. The van der Waals surface area contributed by atoms with Crippen molar-refractivity contribution in [3.63, 3.8) is 0 Å². The first-order chi connectivity index (χ1) is 19.1. The van der Waals surface area contributed by atoms with E-state index in [1.165, 1.54) is 6.33 Å². The lowest BCUT2D eigenvalue weighted by Gasteiger charge is -2.20. The third-order valence-electron chi connectivity index (χ3n) is 6.49. The molecule has 206 valence electrons. The summed E-state index contributed by atoms with van der Waals surface area (Å²) < 4.78 is 25.9.